The highest BCUT2D eigenvalue weighted by atomic mass is 16.5. The van der Waals surface area contributed by atoms with E-state index in [1.165, 1.54) is 0 Å². The van der Waals surface area contributed by atoms with Crippen LogP contribution >= 0.6 is 0 Å². The lowest BCUT2D eigenvalue weighted by Crippen LogP contribution is -2.12. The molecular weight excluding hydrogens is 342 g/mol. The molecule has 3 aromatic rings. The molecule has 0 spiro atoms. The number of carbonyl (C=O) groups excluding carboxylic acids is 1. The van der Waals surface area contributed by atoms with Gasteiger partial charge >= 0.3 is 0 Å². The average molecular weight is 363 g/mol. The number of hydrogen-bond acceptors (Lipinski definition) is 5. The first kappa shape index (κ1) is 17.2. The van der Waals surface area contributed by atoms with Crippen LogP contribution in [0.4, 0.5) is 5.69 Å². The maximum atomic E-state index is 12.1. The van der Waals surface area contributed by atoms with Crippen LogP contribution in [-0.4, -0.2) is 32.7 Å². The molecule has 0 aliphatic heterocycles. The van der Waals surface area contributed by atoms with Crippen molar-refractivity contribution < 1.29 is 9.53 Å². The molecule has 7 heteroatoms. The topological polar surface area (TPSA) is 81.9 Å². The average Bonchev–Trinajstić information content (AvgIpc) is 3.43. The van der Waals surface area contributed by atoms with Crippen molar-refractivity contribution in [2.45, 2.75) is 31.7 Å². The molecule has 4 rings (SSSR count). The van der Waals surface area contributed by atoms with Gasteiger partial charge in [0.05, 0.1) is 12.6 Å². The summed E-state index contributed by atoms with van der Waals surface area (Å²) in [4.78, 5) is 12.1. The molecular formula is C20H21N5O2. The lowest BCUT2D eigenvalue weighted by atomic mass is 10.2. The summed E-state index contributed by atoms with van der Waals surface area (Å²) in [5.74, 6) is 1.57. The second-order valence-electron chi connectivity index (χ2n) is 6.57. The van der Waals surface area contributed by atoms with E-state index in [9.17, 15) is 4.79 Å². The predicted octanol–water partition coefficient (Wildman–Crippen LogP) is 3.47. The largest absolute Gasteiger partial charge is 0.494 e. The first-order valence-corrected chi connectivity index (χ1v) is 9.15. The Bertz CT molecular complexity index is 888. The van der Waals surface area contributed by atoms with Gasteiger partial charge in [-0.25, -0.2) is 4.68 Å². The predicted molar refractivity (Wildman–Crippen MR) is 101 cm³/mol. The highest BCUT2D eigenvalue weighted by molar-refractivity contribution is 5.90. The summed E-state index contributed by atoms with van der Waals surface area (Å²) in [7, 11) is 0. The maximum absolute atomic E-state index is 12.1. The van der Waals surface area contributed by atoms with Crippen molar-refractivity contribution in [1.29, 1.82) is 0 Å². The quantitative estimate of drug-likeness (QED) is 0.620. The Kier molecular flexibility index (Phi) is 5.09. The molecule has 0 radical (unpaired) electrons. The second-order valence-corrected chi connectivity index (χ2v) is 6.57. The third-order valence-corrected chi connectivity index (χ3v) is 4.37. The van der Waals surface area contributed by atoms with Crippen molar-refractivity contribution >= 4 is 11.6 Å². The van der Waals surface area contributed by atoms with Crippen LogP contribution in [0.5, 0.6) is 5.75 Å². The van der Waals surface area contributed by atoms with E-state index in [0.717, 1.165) is 35.7 Å². The maximum Gasteiger partial charge on any atom is 0.224 e. The molecule has 1 aliphatic carbocycles. The smallest absolute Gasteiger partial charge is 0.224 e. The van der Waals surface area contributed by atoms with Crippen LogP contribution in [0.3, 0.4) is 0 Å². The molecule has 7 nitrogen and oxygen atoms in total. The van der Waals surface area contributed by atoms with Gasteiger partial charge in [0.15, 0.2) is 5.82 Å². The molecule has 1 saturated carbocycles. The highest BCUT2D eigenvalue weighted by Crippen LogP contribution is 2.36. The minimum absolute atomic E-state index is 0.0257. The summed E-state index contributed by atoms with van der Waals surface area (Å²) in [6.07, 6.45) is 3.32. The minimum Gasteiger partial charge on any atom is -0.494 e. The number of nitrogens with one attached hydrogen (secondary N) is 1. The van der Waals surface area contributed by atoms with Gasteiger partial charge in [-0.3, -0.25) is 4.79 Å². The molecule has 1 amide bonds. The Morgan fingerprint density at radius 2 is 1.89 bits per heavy atom. The fourth-order valence-electron chi connectivity index (χ4n) is 2.81. The first-order valence-electron chi connectivity index (χ1n) is 9.15. The summed E-state index contributed by atoms with van der Waals surface area (Å²) in [6.45, 7) is 0.514. The number of amides is 1. The molecule has 0 atom stereocenters. The third kappa shape index (κ3) is 4.49. The molecule has 0 saturated heterocycles. The van der Waals surface area contributed by atoms with Crippen molar-refractivity contribution in [3.05, 3.63) is 54.6 Å². The standard InChI is InChI=1S/C20H21N5O2/c26-19(7-4-14-27-18-5-2-1-3-6-18)21-16-10-8-15(9-11-16)20-22-23-24-25(20)17-12-13-17/h1-3,5-6,8-11,17H,4,7,12-14H2,(H,21,26). The van der Waals surface area contributed by atoms with E-state index < -0.39 is 0 Å². The number of nitrogens with zero attached hydrogens (tertiary/aromatic N) is 4. The van der Waals surface area contributed by atoms with Crippen molar-refractivity contribution in [3.63, 3.8) is 0 Å². The van der Waals surface area contributed by atoms with E-state index in [4.69, 9.17) is 4.74 Å². The summed E-state index contributed by atoms with van der Waals surface area (Å²) in [5.41, 5.74) is 1.71. The third-order valence-electron chi connectivity index (χ3n) is 4.37. The SMILES string of the molecule is O=C(CCCOc1ccccc1)Nc1ccc(-c2nnnn2C2CC2)cc1. The number of ether oxygens (including phenoxy) is 1. The Labute approximate surface area is 157 Å². The Hall–Kier alpha value is -3.22. The fourth-order valence-corrected chi connectivity index (χ4v) is 2.81. The van der Waals surface area contributed by atoms with Gasteiger partial charge in [0.25, 0.3) is 0 Å². The zero-order chi connectivity index (χ0) is 18.5. The molecule has 0 bridgehead atoms. The van der Waals surface area contributed by atoms with Crippen molar-refractivity contribution in [1.82, 2.24) is 20.2 Å². The normalized spacial score (nSPS) is 13.3. The first-order chi connectivity index (χ1) is 13.3. The lowest BCUT2D eigenvalue weighted by Gasteiger charge is -2.08. The summed E-state index contributed by atoms with van der Waals surface area (Å²) >= 11 is 0. The van der Waals surface area contributed by atoms with Gasteiger partial charge < -0.3 is 10.1 Å². The summed E-state index contributed by atoms with van der Waals surface area (Å²) < 4.78 is 7.47. The Morgan fingerprint density at radius 1 is 1.11 bits per heavy atom. The van der Waals surface area contributed by atoms with Crippen molar-refractivity contribution in [2.75, 3.05) is 11.9 Å². The number of para-hydroxylation sites is 1. The van der Waals surface area contributed by atoms with E-state index in [0.29, 0.717) is 25.5 Å². The van der Waals surface area contributed by atoms with Crippen LogP contribution in [-0.2, 0) is 4.79 Å². The minimum atomic E-state index is -0.0257. The molecule has 1 fully saturated rings. The molecule has 1 aromatic heterocycles. The van der Waals surface area contributed by atoms with Gasteiger partial charge in [-0.15, -0.1) is 5.10 Å². The van der Waals surface area contributed by atoms with Crippen molar-refractivity contribution in [3.8, 4) is 17.1 Å². The number of benzene rings is 2. The number of anilines is 1. The molecule has 1 heterocycles. The van der Waals surface area contributed by atoms with E-state index in [1.807, 2.05) is 59.3 Å². The monoisotopic (exact) mass is 363 g/mol. The van der Waals surface area contributed by atoms with Crippen LogP contribution in [0.1, 0.15) is 31.7 Å². The van der Waals surface area contributed by atoms with E-state index in [1.54, 1.807) is 0 Å². The molecule has 1 aliphatic rings. The van der Waals surface area contributed by atoms with Gasteiger partial charge in [-0.1, -0.05) is 18.2 Å². The van der Waals surface area contributed by atoms with Crippen LogP contribution in [0.15, 0.2) is 54.6 Å². The second kappa shape index (κ2) is 7.99. The molecule has 0 unspecified atom stereocenters. The van der Waals surface area contributed by atoms with Crippen LogP contribution in [0.2, 0.25) is 0 Å². The number of carbonyl (C=O) groups is 1. The van der Waals surface area contributed by atoms with E-state index in [-0.39, 0.29) is 5.91 Å². The number of rotatable bonds is 8. The lowest BCUT2D eigenvalue weighted by molar-refractivity contribution is -0.116. The van der Waals surface area contributed by atoms with E-state index >= 15 is 0 Å². The van der Waals surface area contributed by atoms with Gasteiger partial charge in [0, 0.05) is 17.7 Å². The number of hydrogen-bond donors (Lipinski definition) is 1. The Balaban J connectivity index is 1.25. The van der Waals surface area contributed by atoms with E-state index in [2.05, 4.69) is 20.8 Å². The van der Waals surface area contributed by atoms with Gasteiger partial charge in [-0.05, 0) is 66.1 Å². The van der Waals surface area contributed by atoms with Crippen molar-refractivity contribution in [2.24, 2.45) is 0 Å². The van der Waals surface area contributed by atoms with Crippen LogP contribution < -0.4 is 10.1 Å². The van der Waals surface area contributed by atoms with Crippen LogP contribution in [0, 0.1) is 0 Å². The number of aromatic nitrogens is 4. The zero-order valence-corrected chi connectivity index (χ0v) is 14.9. The Morgan fingerprint density at radius 3 is 2.63 bits per heavy atom. The number of tetrazole rings is 1. The van der Waals surface area contributed by atoms with Crippen LogP contribution in [0.25, 0.3) is 11.4 Å². The van der Waals surface area contributed by atoms with Gasteiger partial charge in [0.2, 0.25) is 5.91 Å². The highest BCUT2D eigenvalue weighted by Gasteiger charge is 2.28. The van der Waals surface area contributed by atoms with Gasteiger partial charge in [0.1, 0.15) is 5.75 Å². The zero-order valence-electron chi connectivity index (χ0n) is 14.9. The molecule has 27 heavy (non-hydrogen) atoms. The summed E-state index contributed by atoms with van der Waals surface area (Å²) in [6, 6.07) is 17.6. The molecule has 1 N–H and O–H groups in total. The molecule has 2 aromatic carbocycles. The fraction of sp³-hybridized carbons (Fsp3) is 0.300. The summed E-state index contributed by atoms with van der Waals surface area (Å²) in [5, 5.41) is 14.9. The molecule has 138 valence electrons. The van der Waals surface area contributed by atoms with Gasteiger partial charge in [-0.2, -0.15) is 0 Å².